The molecule has 2 N–H and O–H groups in total. The minimum atomic E-state index is -3.89. The van der Waals surface area contributed by atoms with E-state index in [-0.39, 0.29) is 52.1 Å². The number of aliphatic hydroxyl groups excluding tert-OH is 1. The standard InChI is InChI=1S/C33H45N3O9S3/c1-23-20-36(24(2)22-37)33(38)29-19-26(34-47(39,40)32-10-8-18-46-32)11-16-30(29)45-25(3)9-6-7-17-44-31(23)21-35(4)48(41,42)28-14-12-27(43-5)13-15-28/h8,10-16,18-19,23-25,31,34,37H,6-7,9,17,20-22H2,1-5H3/t23-,24+,25+,31-/m1/s1. The molecule has 1 aliphatic heterocycles. The molecule has 0 radical (unpaired) electrons. The fourth-order valence-corrected chi connectivity index (χ4v) is 8.58. The number of carbonyl (C=O) groups is 1. The lowest BCUT2D eigenvalue weighted by atomic mass is 10.0. The monoisotopic (exact) mass is 723 g/mol. The molecule has 2 aromatic carbocycles. The summed E-state index contributed by atoms with van der Waals surface area (Å²) in [6.45, 7) is 5.65. The van der Waals surface area contributed by atoms with Gasteiger partial charge in [-0.3, -0.25) is 9.52 Å². The van der Waals surface area contributed by atoms with E-state index in [1.807, 2.05) is 13.8 Å². The van der Waals surface area contributed by atoms with Crippen molar-refractivity contribution < 1.29 is 40.9 Å². The molecule has 3 aromatic rings. The molecule has 12 nitrogen and oxygen atoms in total. The first-order valence-electron chi connectivity index (χ1n) is 15.8. The van der Waals surface area contributed by atoms with Gasteiger partial charge in [-0.15, -0.1) is 11.3 Å². The van der Waals surface area contributed by atoms with Crippen LogP contribution in [-0.2, 0) is 24.8 Å². The van der Waals surface area contributed by atoms with Gasteiger partial charge in [0.1, 0.15) is 15.7 Å². The lowest BCUT2D eigenvalue weighted by Crippen LogP contribution is -2.48. The number of anilines is 1. The Kier molecular flexibility index (Phi) is 12.9. The number of thiophene rings is 1. The Labute approximate surface area is 287 Å². The van der Waals surface area contributed by atoms with Crippen molar-refractivity contribution in [1.29, 1.82) is 0 Å². The van der Waals surface area contributed by atoms with E-state index >= 15 is 0 Å². The normalized spacial score (nSPS) is 20.8. The first kappa shape index (κ1) is 37.6. The van der Waals surface area contributed by atoms with Crippen molar-refractivity contribution in [1.82, 2.24) is 9.21 Å². The van der Waals surface area contributed by atoms with Crippen LogP contribution < -0.4 is 14.2 Å². The molecule has 15 heteroatoms. The maximum absolute atomic E-state index is 14.3. The van der Waals surface area contributed by atoms with Crippen LogP contribution in [0.1, 0.15) is 50.4 Å². The lowest BCUT2D eigenvalue weighted by molar-refractivity contribution is -0.00833. The number of carbonyl (C=O) groups excluding carboxylic acids is 1. The van der Waals surface area contributed by atoms with Crippen LogP contribution in [0.15, 0.2) is 69.1 Å². The first-order chi connectivity index (χ1) is 22.8. The molecule has 264 valence electrons. The molecule has 2 heterocycles. The summed E-state index contributed by atoms with van der Waals surface area (Å²) in [5, 5.41) is 11.9. The second-order valence-electron chi connectivity index (χ2n) is 12.0. The summed E-state index contributed by atoms with van der Waals surface area (Å²) in [5.41, 5.74) is 0.318. The number of hydrogen-bond acceptors (Lipinski definition) is 10. The average molecular weight is 724 g/mol. The highest BCUT2D eigenvalue weighted by molar-refractivity contribution is 7.94. The van der Waals surface area contributed by atoms with E-state index in [9.17, 15) is 26.7 Å². The number of hydrogen-bond donors (Lipinski definition) is 2. The third-order valence-corrected chi connectivity index (χ3v) is 12.9. The topological polar surface area (TPSA) is 152 Å². The first-order valence-corrected chi connectivity index (χ1v) is 19.6. The fraction of sp³-hybridized carbons (Fsp3) is 0.485. The molecule has 0 unspecified atom stereocenters. The van der Waals surface area contributed by atoms with E-state index in [4.69, 9.17) is 14.2 Å². The second-order valence-corrected chi connectivity index (χ2v) is 16.9. The smallest absolute Gasteiger partial charge is 0.271 e. The minimum Gasteiger partial charge on any atom is -0.497 e. The molecule has 0 saturated carbocycles. The largest absolute Gasteiger partial charge is 0.497 e. The van der Waals surface area contributed by atoms with Crippen LogP contribution in [-0.4, -0.2) is 95.8 Å². The van der Waals surface area contributed by atoms with E-state index in [0.717, 1.165) is 17.8 Å². The van der Waals surface area contributed by atoms with E-state index in [1.54, 1.807) is 42.6 Å². The molecule has 4 atom stereocenters. The number of nitrogens with zero attached hydrogens (tertiary/aromatic N) is 2. The highest BCUT2D eigenvalue weighted by Gasteiger charge is 2.32. The van der Waals surface area contributed by atoms with Crippen LogP contribution in [0, 0.1) is 5.92 Å². The van der Waals surface area contributed by atoms with Gasteiger partial charge in [0.05, 0.1) is 42.4 Å². The second kappa shape index (κ2) is 16.5. The number of sulfonamides is 2. The summed E-state index contributed by atoms with van der Waals surface area (Å²) in [6.07, 6.45) is 1.26. The number of likely N-dealkylation sites (N-methyl/N-ethyl adjacent to an activating group) is 1. The summed E-state index contributed by atoms with van der Waals surface area (Å²) < 4.78 is 74.6. The Balaban J connectivity index is 1.66. The summed E-state index contributed by atoms with van der Waals surface area (Å²) >= 11 is 1.08. The number of fused-ring (bicyclic) bond motifs is 1. The predicted octanol–water partition coefficient (Wildman–Crippen LogP) is 4.67. The minimum absolute atomic E-state index is 0.0236. The van der Waals surface area contributed by atoms with E-state index < -0.39 is 38.1 Å². The van der Waals surface area contributed by atoms with E-state index in [0.29, 0.717) is 30.9 Å². The zero-order chi connectivity index (χ0) is 35.1. The number of nitrogens with one attached hydrogen (secondary N) is 1. The Hall–Kier alpha value is -3.21. The van der Waals surface area contributed by atoms with E-state index in [2.05, 4.69) is 4.72 Å². The molecule has 0 fully saturated rings. The third-order valence-electron chi connectivity index (χ3n) is 8.27. The molecular weight excluding hydrogens is 679 g/mol. The van der Waals surface area contributed by atoms with Crippen LogP contribution in [0.5, 0.6) is 11.5 Å². The van der Waals surface area contributed by atoms with Crippen LogP contribution in [0.2, 0.25) is 0 Å². The summed E-state index contributed by atoms with van der Waals surface area (Å²) in [4.78, 5) is 15.9. The molecule has 1 aromatic heterocycles. The number of rotatable bonds is 10. The summed E-state index contributed by atoms with van der Waals surface area (Å²) in [5.74, 6) is -0.0128. The van der Waals surface area contributed by atoms with Crippen molar-refractivity contribution in [2.24, 2.45) is 5.92 Å². The molecule has 1 amide bonds. The Morgan fingerprint density at radius 1 is 1.10 bits per heavy atom. The van der Waals surface area contributed by atoms with Gasteiger partial charge in [0, 0.05) is 38.3 Å². The number of aliphatic hydroxyl groups is 1. The van der Waals surface area contributed by atoms with E-state index in [1.165, 1.54) is 47.6 Å². The molecule has 0 spiro atoms. The number of methoxy groups -OCH3 is 1. The highest BCUT2D eigenvalue weighted by Crippen LogP contribution is 2.30. The van der Waals surface area contributed by atoms with Crippen molar-refractivity contribution in [3.8, 4) is 11.5 Å². The molecule has 48 heavy (non-hydrogen) atoms. The molecule has 4 rings (SSSR count). The average Bonchev–Trinajstić information content (AvgIpc) is 3.62. The predicted molar refractivity (Wildman–Crippen MR) is 185 cm³/mol. The van der Waals surface area contributed by atoms with Crippen LogP contribution in [0.25, 0.3) is 0 Å². The van der Waals surface area contributed by atoms with Gasteiger partial charge in [0.15, 0.2) is 0 Å². The van der Waals surface area contributed by atoms with Gasteiger partial charge in [0.2, 0.25) is 10.0 Å². The molecule has 0 bridgehead atoms. The fourth-order valence-electron chi connectivity index (χ4n) is 5.35. The van der Waals surface area contributed by atoms with Gasteiger partial charge < -0.3 is 24.2 Å². The van der Waals surface area contributed by atoms with Crippen molar-refractivity contribution in [2.75, 3.05) is 45.2 Å². The zero-order valence-electron chi connectivity index (χ0n) is 27.9. The van der Waals surface area contributed by atoms with Crippen molar-refractivity contribution >= 4 is 43.0 Å². The Morgan fingerprint density at radius 3 is 2.48 bits per heavy atom. The maximum atomic E-state index is 14.3. The lowest BCUT2D eigenvalue weighted by Gasteiger charge is -2.35. The maximum Gasteiger partial charge on any atom is 0.271 e. The van der Waals surface area contributed by atoms with Crippen molar-refractivity contribution in [3.05, 3.63) is 65.5 Å². The molecule has 0 aliphatic carbocycles. The zero-order valence-corrected chi connectivity index (χ0v) is 30.3. The molecular formula is C33H45N3O9S3. The van der Waals surface area contributed by atoms with Crippen LogP contribution in [0.3, 0.4) is 0 Å². The van der Waals surface area contributed by atoms with Gasteiger partial charge in [0.25, 0.3) is 15.9 Å². The van der Waals surface area contributed by atoms with Gasteiger partial charge in [-0.25, -0.2) is 16.8 Å². The molecule has 0 saturated heterocycles. The molecule has 1 aliphatic rings. The number of amides is 1. The third kappa shape index (κ3) is 9.27. The Bertz CT molecular complexity index is 1720. The SMILES string of the molecule is COc1ccc(S(=O)(=O)N(C)C[C@H]2OCCCC[C@H](C)Oc3ccc(NS(=O)(=O)c4cccs4)cc3C(=O)N([C@@H](C)CO)C[C@H]2C)cc1. The Morgan fingerprint density at radius 2 is 1.83 bits per heavy atom. The van der Waals surface area contributed by atoms with Crippen LogP contribution >= 0.6 is 11.3 Å². The van der Waals surface area contributed by atoms with Gasteiger partial charge >= 0.3 is 0 Å². The summed E-state index contributed by atoms with van der Waals surface area (Å²) in [7, 11) is -4.76. The number of benzene rings is 2. The highest BCUT2D eigenvalue weighted by atomic mass is 32.2. The quantitative estimate of drug-likeness (QED) is 0.304. The van der Waals surface area contributed by atoms with Gasteiger partial charge in [-0.05, 0) is 87.0 Å². The van der Waals surface area contributed by atoms with Crippen molar-refractivity contribution in [2.45, 2.75) is 67.4 Å². The van der Waals surface area contributed by atoms with Crippen molar-refractivity contribution in [3.63, 3.8) is 0 Å². The van der Waals surface area contributed by atoms with Gasteiger partial charge in [-0.1, -0.05) is 13.0 Å². The van der Waals surface area contributed by atoms with Gasteiger partial charge in [-0.2, -0.15) is 4.31 Å². The van der Waals surface area contributed by atoms with Crippen LogP contribution in [0.4, 0.5) is 5.69 Å². The summed E-state index contributed by atoms with van der Waals surface area (Å²) in [6, 6.07) is 13.2. The number of ether oxygens (including phenoxy) is 3.